The number of nitrogens with one attached hydrogen (secondary N) is 1. The number of hydrogen-bond acceptors (Lipinski definition) is 3. The van der Waals surface area contributed by atoms with E-state index in [1.54, 1.807) is 0 Å². The zero-order valence-electron chi connectivity index (χ0n) is 11.5. The van der Waals surface area contributed by atoms with E-state index < -0.39 is 0 Å². The molecule has 1 N–H and O–H groups in total. The first-order valence-corrected chi connectivity index (χ1v) is 7.51. The maximum Gasteiger partial charge on any atom is 0.0231 e. The SMILES string of the molecule is CC(C)NCCC(C)N1CCSC(C)(C)C1. The van der Waals surface area contributed by atoms with Crippen molar-refractivity contribution >= 4 is 11.8 Å². The smallest absolute Gasteiger partial charge is 0.0231 e. The van der Waals surface area contributed by atoms with Crippen LogP contribution in [0.25, 0.3) is 0 Å². The van der Waals surface area contributed by atoms with Crippen LogP contribution in [-0.2, 0) is 0 Å². The van der Waals surface area contributed by atoms with Crippen LogP contribution in [0.5, 0.6) is 0 Å². The molecule has 0 bridgehead atoms. The van der Waals surface area contributed by atoms with Gasteiger partial charge in [0, 0.05) is 35.7 Å². The van der Waals surface area contributed by atoms with Gasteiger partial charge in [0.25, 0.3) is 0 Å². The average Bonchev–Trinajstić information content (AvgIpc) is 2.15. The molecule has 1 atom stereocenters. The number of thioether (sulfide) groups is 1. The second kappa shape index (κ2) is 6.27. The van der Waals surface area contributed by atoms with Gasteiger partial charge in [0.05, 0.1) is 0 Å². The average molecular weight is 244 g/mol. The fourth-order valence-electron chi connectivity index (χ4n) is 2.19. The third kappa shape index (κ3) is 5.07. The Hall–Kier alpha value is 0.270. The van der Waals surface area contributed by atoms with E-state index in [2.05, 4.69) is 56.6 Å². The molecule has 96 valence electrons. The highest BCUT2D eigenvalue weighted by Gasteiger charge is 2.29. The first-order chi connectivity index (χ1) is 7.41. The van der Waals surface area contributed by atoms with Crippen LogP contribution in [0, 0.1) is 0 Å². The maximum atomic E-state index is 3.50. The molecular formula is C13H28N2S. The van der Waals surface area contributed by atoms with E-state index in [1.165, 1.54) is 25.3 Å². The Balaban J connectivity index is 2.27. The van der Waals surface area contributed by atoms with Crippen LogP contribution in [0.1, 0.15) is 41.0 Å². The lowest BCUT2D eigenvalue weighted by molar-refractivity contribution is 0.189. The normalized spacial score (nSPS) is 23.6. The molecule has 0 amide bonds. The van der Waals surface area contributed by atoms with E-state index in [0.717, 1.165) is 6.54 Å². The fourth-order valence-corrected chi connectivity index (χ4v) is 3.33. The van der Waals surface area contributed by atoms with Crippen molar-refractivity contribution in [2.24, 2.45) is 0 Å². The fraction of sp³-hybridized carbons (Fsp3) is 1.00. The van der Waals surface area contributed by atoms with E-state index >= 15 is 0 Å². The van der Waals surface area contributed by atoms with Crippen LogP contribution in [0.2, 0.25) is 0 Å². The van der Waals surface area contributed by atoms with E-state index in [-0.39, 0.29) is 0 Å². The summed E-state index contributed by atoms with van der Waals surface area (Å²) in [5.41, 5.74) is 0. The van der Waals surface area contributed by atoms with Gasteiger partial charge < -0.3 is 5.32 Å². The molecule has 1 aliphatic heterocycles. The number of nitrogens with zero attached hydrogens (tertiary/aromatic N) is 1. The van der Waals surface area contributed by atoms with Crippen molar-refractivity contribution in [3.8, 4) is 0 Å². The summed E-state index contributed by atoms with van der Waals surface area (Å²) in [5.74, 6) is 1.29. The van der Waals surface area contributed by atoms with Crippen molar-refractivity contribution in [2.45, 2.75) is 57.9 Å². The molecule has 1 aliphatic rings. The summed E-state index contributed by atoms with van der Waals surface area (Å²) in [4.78, 5) is 2.65. The van der Waals surface area contributed by atoms with Crippen LogP contribution < -0.4 is 5.32 Å². The summed E-state index contributed by atoms with van der Waals surface area (Å²) < 4.78 is 0.442. The van der Waals surface area contributed by atoms with Crippen LogP contribution in [-0.4, -0.2) is 47.1 Å². The Morgan fingerprint density at radius 2 is 2.00 bits per heavy atom. The molecule has 1 heterocycles. The van der Waals surface area contributed by atoms with Gasteiger partial charge in [-0.25, -0.2) is 0 Å². The largest absolute Gasteiger partial charge is 0.314 e. The molecule has 0 saturated carbocycles. The van der Waals surface area contributed by atoms with Crippen LogP contribution in [0.4, 0.5) is 0 Å². The van der Waals surface area contributed by atoms with Crippen molar-refractivity contribution in [3.05, 3.63) is 0 Å². The van der Waals surface area contributed by atoms with Crippen molar-refractivity contribution in [1.82, 2.24) is 10.2 Å². The highest BCUT2D eigenvalue weighted by atomic mass is 32.2. The minimum atomic E-state index is 0.442. The van der Waals surface area contributed by atoms with Crippen molar-refractivity contribution < 1.29 is 0 Å². The first-order valence-electron chi connectivity index (χ1n) is 6.52. The zero-order valence-corrected chi connectivity index (χ0v) is 12.4. The lowest BCUT2D eigenvalue weighted by Crippen LogP contribution is -2.48. The molecule has 1 saturated heterocycles. The van der Waals surface area contributed by atoms with Gasteiger partial charge in [0.1, 0.15) is 0 Å². The monoisotopic (exact) mass is 244 g/mol. The lowest BCUT2D eigenvalue weighted by atomic mass is 10.1. The Kier molecular flexibility index (Phi) is 5.62. The highest BCUT2D eigenvalue weighted by molar-refractivity contribution is 8.00. The molecule has 1 unspecified atom stereocenters. The third-order valence-electron chi connectivity index (χ3n) is 3.19. The summed E-state index contributed by atoms with van der Waals surface area (Å²) in [6, 6.07) is 1.33. The Morgan fingerprint density at radius 1 is 1.31 bits per heavy atom. The molecule has 1 rings (SSSR count). The predicted molar refractivity (Wildman–Crippen MR) is 75.3 cm³/mol. The molecule has 16 heavy (non-hydrogen) atoms. The molecule has 0 radical (unpaired) electrons. The van der Waals surface area contributed by atoms with E-state index in [4.69, 9.17) is 0 Å². The van der Waals surface area contributed by atoms with Gasteiger partial charge >= 0.3 is 0 Å². The molecule has 0 aromatic heterocycles. The molecule has 0 aromatic carbocycles. The Morgan fingerprint density at radius 3 is 2.56 bits per heavy atom. The Bertz CT molecular complexity index is 204. The summed E-state index contributed by atoms with van der Waals surface area (Å²) in [5, 5.41) is 3.50. The molecule has 0 spiro atoms. The first kappa shape index (κ1) is 14.3. The summed E-state index contributed by atoms with van der Waals surface area (Å²) >= 11 is 2.11. The van der Waals surface area contributed by atoms with E-state index in [9.17, 15) is 0 Å². The topological polar surface area (TPSA) is 15.3 Å². The van der Waals surface area contributed by atoms with Crippen LogP contribution in [0.15, 0.2) is 0 Å². The second-order valence-corrected chi connectivity index (χ2v) is 7.63. The van der Waals surface area contributed by atoms with Gasteiger partial charge in [-0.3, -0.25) is 4.90 Å². The van der Waals surface area contributed by atoms with Crippen molar-refractivity contribution in [2.75, 3.05) is 25.4 Å². The van der Waals surface area contributed by atoms with Gasteiger partial charge in [-0.2, -0.15) is 11.8 Å². The second-order valence-electron chi connectivity index (χ2n) is 5.83. The third-order valence-corrected chi connectivity index (χ3v) is 4.49. The molecule has 3 heteroatoms. The van der Waals surface area contributed by atoms with E-state index in [0.29, 0.717) is 16.8 Å². The van der Waals surface area contributed by atoms with Crippen molar-refractivity contribution in [3.63, 3.8) is 0 Å². The molecular weight excluding hydrogens is 216 g/mol. The minimum Gasteiger partial charge on any atom is -0.314 e. The highest BCUT2D eigenvalue weighted by Crippen LogP contribution is 2.30. The summed E-state index contributed by atoms with van der Waals surface area (Å²) in [6.45, 7) is 15.2. The quantitative estimate of drug-likeness (QED) is 0.800. The summed E-state index contributed by atoms with van der Waals surface area (Å²) in [7, 11) is 0. The van der Waals surface area contributed by atoms with Gasteiger partial charge in [-0.15, -0.1) is 0 Å². The van der Waals surface area contributed by atoms with Crippen LogP contribution >= 0.6 is 11.8 Å². The molecule has 0 aliphatic carbocycles. The number of rotatable bonds is 5. The lowest BCUT2D eigenvalue weighted by Gasteiger charge is -2.41. The number of hydrogen-bond donors (Lipinski definition) is 1. The van der Waals surface area contributed by atoms with E-state index in [1.807, 2.05) is 0 Å². The van der Waals surface area contributed by atoms with Gasteiger partial charge in [-0.05, 0) is 33.7 Å². The summed E-state index contributed by atoms with van der Waals surface area (Å²) in [6.07, 6.45) is 1.26. The van der Waals surface area contributed by atoms with Crippen LogP contribution in [0.3, 0.4) is 0 Å². The standard InChI is InChI=1S/C13H28N2S/c1-11(2)14-7-6-12(3)15-8-9-16-13(4,5)10-15/h11-12,14H,6-10H2,1-5H3. The molecule has 2 nitrogen and oxygen atoms in total. The Labute approximate surface area is 106 Å². The molecule has 1 fully saturated rings. The van der Waals surface area contributed by atoms with Gasteiger partial charge in [0.15, 0.2) is 0 Å². The van der Waals surface area contributed by atoms with Gasteiger partial charge in [0.2, 0.25) is 0 Å². The minimum absolute atomic E-state index is 0.442. The van der Waals surface area contributed by atoms with Crippen molar-refractivity contribution in [1.29, 1.82) is 0 Å². The predicted octanol–water partition coefficient (Wildman–Crippen LogP) is 2.59. The molecule has 0 aromatic rings. The van der Waals surface area contributed by atoms with Gasteiger partial charge in [-0.1, -0.05) is 13.8 Å². The zero-order chi connectivity index (χ0) is 12.2. The maximum absolute atomic E-state index is 3.50.